The van der Waals surface area contributed by atoms with Crippen molar-refractivity contribution >= 4 is 5.57 Å². The molecule has 3 aromatic carbocycles. The van der Waals surface area contributed by atoms with Crippen molar-refractivity contribution in [1.82, 2.24) is 9.97 Å². The van der Waals surface area contributed by atoms with Crippen LogP contribution in [0.15, 0.2) is 157 Å². The molecule has 5 atom stereocenters. The minimum Gasteiger partial charge on any atom is -0.490 e. The van der Waals surface area contributed by atoms with Crippen LogP contribution in [0.1, 0.15) is 81.0 Å². The predicted molar refractivity (Wildman–Crippen MR) is 209 cm³/mol. The van der Waals surface area contributed by atoms with Gasteiger partial charge in [0.05, 0.1) is 16.8 Å². The lowest BCUT2D eigenvalue weighted by atomic mass is 9.52. The smallest absolute Gasteiger partial charge is 0.160 e. The zero-order chi connectivity index (χ0) is 34.2. The number of nitrogens with zero attached hydrogens (tertiary/aromatic N) is 2. The van der Waals surface area contributed by atoms with Gasteiger partial charge in [-0.05, 0) is 65.5 Å². The Labute approximate surface area is 302 Å². The van der Waals surface area contributed by atoms with Crippen LogP contribution >= 0.6 is 0 Å². The molecule has 0 radical (unpaired) electrons. The molecule has 51 heavy (non-hydrogen) atoms. The van der Waals surface area contributed by atoms with Crippen molar-refractivity contribution in [2.24, 2.45) is 11.8 Å². The zero-order valence-electron chi connectivity index (χ0n) is 29.5. The van der Waals surface area contributed by atoms with Crippen LogP contribution in [0.4, 0.5) is 0 Å². The van der Waals surface area contributed by atoms with Crippen molar-refractivity contribution in [3.63, 3.8) is 0 Å². The highest BCUT2D eigenvalue weighted by molar-refractivity contribution is 5.76. The summed E-state index contributed by atoms with van der Waals surface area (Å²) in [5, 5.41) is 0. The normalized spacial score (nSPS) is 26.8. The molecule has 5 unspecified atom stereocenters. The average molecular weight is 667 g/mol. The number of hydrogen-bond donors (Lipinski definition) is 0. The molecule has 1 saturated carbocycles. The van der Waals surface area contributed by atoms with Crippen LogP contribution in [0.3, 0.4) is 0 Å². The van der Waals surface area contributed by atoms with Crippen molar-refractivity contribution in [2.75, 3.05) is 0 Å². The van der Waals surface area contributed by atoms with Crippen LogP contribution in [0.25, 0.3) is 28.2 Å². The van der Waals surface area contributed by atoms with E-state index in [1.54, 1.807) is 0 Å². The van der Waals surface area contributed by atoms with Crippen molar-refractivity contribution in [2.45, 2.75) is 75.7 Å². The second-order valence-corrected chi connectivity index (χ2v) is 15.0. The van der Waals surface area contributed by atoms with E-state index in [2.05, 4.69) is 147 Å². The summed E-state index contributed by atoms with van der Waals surface area (Å²) in [4.78, 5) is 10.7. The number of ether oxygens (including phenoxy) is 1. The van der Waals surface area contributed by atoms with Gasteiger partial charge in [-0.3, -0.25) is 0 Å². The number of fused-ring (bicyclic) bond motifs is 1. The SMILES string of the molecule is CC1CCCCC1C1(c2cccc(-c3nc(-c4ccccc4)cc(C4C=C(c5ccccc5)C=CC4)n3)c2)C2=CC=CCC2OC2=C1C=CCC2. The third-order valence-corrected chi connectivity index (χ3v) is 12.0. The second-order valence-electron chi connectivity index (χ2n) is 15.0. The molecule has 0 amide bonds. The molecule has 3 heteroatoms. The van der Waals surface area contributed by atoms with Gasteiger partial charge < -0.3 is 4.74 Å². The van der Waals surface area contributed by atoms with Gasteiger partial charge in [0.25, 0.3) is 0 Å². The van der Waals surface area contributed by atoms with Crippen molar-refractivity contribution in [1.29, 1.82) is 0 Å². The molecule has 254 valence electrons. The fourth-order valence-corrected chi connectivity index (χ4v) is 9.62. The Morgan fingerprint density at radius 3 is 2.39 bits per heavy atom. The van der Waals surface area contributed by atoms with E-state index in [1.807, 2.05) is 0 Å². The van der Waals surface area contributed by atoms with Crippen LogP contribution in [0.2, 0.25) is 0 Å². The van der Waals surface area contributed by atoms with Gasteiger partial charge in [-0.1, -0.05) is 154 Å². The molecule has 1 fully saturated rings. The Balaban J connectivity index is 1.22. The van der Waals surface area contributed by atoms with E-state index in [1.165, 1.54) is 59.3 Å². The molecule has 1 aromatic heterocycles. The minimum absolute atomic E-state index is 0.0762. The lowest BCUT2D eigenvalue weighted by Gasteiger charge is -2.54. The van der Waals surface area contributed by atoms with Gasteiger partial charge in [-0.2, -0.15) is 0 Å². The lowest BCUT2D eigenvalue weighted by Crippen LogP contribution is -2.50. The topological polar surface area (TPSA) is 35.0 Å². The fourth-order valence-electron chi connectivity index (χ4n) is 9.62. The molecule has 0 spiro atoms. The molecular formula is C48H46N2O. The third-order valence-electron chi connectivity index (χ3n) is 12.0. The van der Waals surface area contributed by atoms with Gasteiger partial charge in [0.2, 0.25) is 0 Å². The molecule has 4 aromatic rings. The number of rotatable bonds is 6. The van der Waals surface area contributed by atoms with E-state index in [9.17, 15) is 0 Å². The maximum absolute atomic E-state index is 6.87. The Kier molecular flexibility index (Phi) is 8.51. The predicted octanol–water partition coefficient (Wildman–Crippen LogP) is 11.9. The Morgan fingerprint density at radius 1 is 0.745 bits per heavy atom. The summed E-state index contributed by atoms with van der Waals surface area (Å²) in [6, 6.07) is 32.8. The van der Waals surface area contributed by atoms with Gasteiger partial charge in [0.1, 0.15) is 11.9 Å². The molecular weight excluding hydrogens is 621 g/mol. The first-order valence-electron chi connectivity index (χ1n) is 19.1. The Morgan fingerprint density at radius 2 is 1.55 bits per heavy atom. The van der Waals surface area contributed by atoms with Crippen LogP contribution in [-0.4, -0.2) is 16.1 Å². The van der Waals surface area contributed by atoms with Gasteiger partial charge in [0, 0.05) is 35.5 Å². The highest BCUT2D eigenvalue weighted by Crippen LogP contribution is 2.59. The van der Waals surface area contributed by atoms with E-state index in [4.69, 9.17) is 14.7 Å². The molecule has 4 aliphatic carbocycles. The second kappa shape index (κ2) is 13.6. The van der Waals surface area contributed by atoms with Crippen molar-refractivity contribution in [3.8, 4) is 22.6 Å². The van der Waals surface area contributed by atoms with E-state index in [0.717, 1.165) is 54.0 Å². The highest BCUT2D eigenvalue weighted by atomic mass is 16.5. The van der Waals surface area contributed by atoms with E-state index >= 15 is 0 Å². The summed E-state index contributed by atoms with van der Waals surface area (Å²) in [6.45, 7) is 2.50. The van der Waals surface area contributed by atoms with Crippen LogP contribution in [0.5, 0.6) is 0 Å². The summed E-state index contributed by atoms with van der Waals surface area (Å²) in [5.74, 6) is 3.24. The molecule has 0 saturated heterocycles. The van der Waals surface area contributed by atoms with Crippen LogP contribution in [-0.2, 0) is 10.2 Å². The summed E-state index contributed by atoms with van der Waals surface area (Å²) in [7, 11) is 0. The summed E-state index contributed by atoms with van der Waals surface area (Å²) < 4.78 is 6.87. The number of hydrogen-bond acceptors (Lipinski definition) is 3. The van der Waals surface area contributed by atoms with Gasteiger partial charge in [0.15, 0.2) is 5.82 Å². The Hall–Kier alpha value is -5.02. The standard InChI is InChI=1S/C48H46N2O/c1-33-16-8-9-25-40(33)48(41-26-10-12-28-45(41)51-46-29-13-11-27-42(46)48)39-24-15-23-38(31-39)47-49-43(35-19-6-3-7-20-35)32-44(50-47)37-22-14-21-36(30-37)34-17-4-2-5-18-34/h2-7,10-12,14-15,17-21,23-24,26-27,30-33,37,40,45H,8-9,13,16,22,25,28-29H2,1H3. The first-order chi connectivity index (χ1) is 25.2. The highest BCUT2D eigenvalue weighted by Gasteiger charge is 2.54. The molecule has 5 aliphatic rings. The Bertz CT molecular complexity index is 2120. The van der Waals surface area contributed by atoms with E-state index in [0.29, 0.717) is 11.8 Å². The summed E-state index contributed by atoms with van der Waals surface area (Å²) in [6.07, 6.45) is 27.7. The summed E-state index contributed by atoms with van der Waals surface area (Å²) >= 11 is 0. The summed E-state index contributed by atoms with van der Waals surface area (Å²) in [5.41, 5.74) is 10.6. The van der Waals surface area contributed by atoms with Gasteiger partial charge >= 0.3 is 0 Å². The fraction of sp³-hybridized carbons (Fsp3) is 0.292. The van der Waals surface area contributed by atoms with Crippen molar-refractivity contribution in [3.05, 3.63) is 173 Å². The number of allylic oxidation sites excluding steroid dienone is 10. The maximum Gasteiger partial charge on any atom is 0.160 e. The quantitative estimate of drug-likeness (QED) is 0.205. The molecule has 9 rings (SSSR count). The monoisotopic (exact) mass is 666 g/mol. The maximum atomic E-state index is 6.87. The molecule has 3 nitrogen and oxygen atoms in total. The van der Waals surface area contributed by atoms with Gasteiger partial charge in [-0.25, -0.2) is 9.97 Å². The van der Waals surface area contributed by atoms with Gasteiger partial charge in [-0.15, -0.1) is 0 Å². The van der Waals surface area contributed by atoms with Crippen LogP contribution < -0.4 is 0 Å². The van der Waals surface area contributed by atoms with E-state index in [-0.39, 0.29) is 17.4 Å². The van der Waals surface area contributed by atoms with Crippen LogP contribution in [0, 0.1) is 11.8 Å². The number of aromatic nitrogens is 2. The van der Waals surface area contributed by atoms with Crippen molar-refractivity contribution < 1.29 is 4.74 Å². The molecule has 2 heterocycles. The molecule has 0 bridgehead atoms. The zero-order valence-corrected chi connectivity index (χ0v) is 29.5. The third kappa shape index (κ3) is 5.77. The largest absolute Gasteiger partial charge is 0.490 e. The molecule has 0 N–H and O–H groups in total. The minimum atomic E-state index is -0.253. The van der Waals surface area contributed by atoms with E-state index < -0.39 is 0 Å². The average Bonchev–Trinajstić information content (AvgIpc) is 3.21. The molecule has 1 aliphatic heterocycles. The lowest BCUT2D eigenvalue weighted by molar-refractivity contribution is 0.0754. The first-order valence-corrected chi connectivity index (χ1v) is 19.1. The first kappa shape index (κ1) is 31.9. The number of benzene rings is 3.